The normalized spacial score (nSPS) is 54.8. The summed E-state index contributed by atoms with van der Waals surface area (Å²) in [7, 11) is 2.06. The van der Waals surface area contributed by atoms with Gasteiger partial charge in [-0.2, -0.15) is 0 Å². The highest BCUT2D eigenvalue weighted by molar-refractivity contribution is 5.66. The maximum Gasteiger partial charge on any atom is 0.0428 e. The van der Waals surface area contributed by atoms with E-state index in [0.717, 1.165) is 0 Å². The Morgan fingerprint density at radius 2 is 2.38 bits per heavy atom. The van der Waals surface area contributed by atoms with E-state index in [1.165, 1.54) is 12.0 Å². The van der Waals surface area contributed by atoms with Gasteiger partial charge in [-0.15, -0.1) is 6.58 Å². The smallest absolute Gasteiger partial charge is 0.0428 e. The number of fused-ring (bicyclic) bond motifs is 1. The van der Waals surface area contributed by atoms with Gasteiger partial charge < -0.3 is 5.32 Å². The fraction of sp³-hybridized carbons (Fsp3) is 0.500. The van der Waals surface area contributed by atoms with Gasteiger partial charge in [-0.05, 0) is 20.4 Å². The molecule has 68 valence electrons. The van der Waals surface area contributed by atoms with Gasteiger partial charge in [-0.25, -0.2) is 0 Å². The van der Waals surface area contributed by atoms with E-state index in [9.17, 15) is 0 Å². The molecule has 1 N–H and O–H groups in total. The standard InChI is InChI=1S/C12H15N/c1-4-10-6-5-9(2)7-11(10)8-12(10,11)13-3/h4-7,13H,1,8H2,2-3H3/t10?,11?,12-/m1/s1. The van der Waals surface area contributed by atoms with Gasteiger partial charge in [0.1, 0.15) is 0 Å². The molecule has 0 amide bonds. The van der Waals surface area contributed by atoms with E-state index in [0.29, 0.717) is 11.0 Å². The van der Waals surface area contributed by atoms with Crippen LogP contribution in [-0.2, 0) is 0 Å². The first-order valence-corrected chi connectivity index (χ1v) is 4.89. The van der Waals surface area contributed by atoms with Crippen molar-refractivity contribution in [1.82, 2.24) is 5.32 Å². The minimum Gasteiger partial charge on any atom is -0.312 e. The molecular weight excluding hydrogens is 158 g/mol. The topological polar surface area (TPSA) is 12.0 Å². The fourth-order valence-corrected chi connectivity index (χ4v) is 3.57. The van der Waals surface area contributed by atoms with Gasteiger partial charge in [-0.3, -0.25) is 0 Å². The molecule has 1 spiro atoms. The van der Waals surface area contributed by atoms with Crippen molar-refractivity contribution in [2.45, 2.75) is 18.9 Å². The quantitative estimate of drug-likeness (QED) is 0.630. The van der Waals surface area contributed by atoms with Crippen LogP contribution in [0, 0.1) is 10.8 Å². The number of nitrogens with one attached hydrogen (secondary N) is 1. The van der Waals surface area contributed by atoms with Crippen molar-refractivity contribution in [2.75, 3.05) is 7.05 Å². The predicted molar refractivity (Wildman–Crippen MR) is 54.4 cm³/mol. The fourth-order valence-electron chi connectivity index (χ4n) is 3.57. The molecule has 3 atom stereocenters. The van der Waals surface area contributed by atoms with Gasteiger partial charge in [0.25, 0.3) is 0 Å². The summed E-state index contributed by atoms with van der Waals surface area (Å²) in [6, 6.07) is 0. The number of allylic oxidation sites excluding steroid dienone is 2. The highest BCUT2D eigenvalue weighted by atomic mass is 15.2. The predicted octanol–water partition coefficient (Wildman–Crippen LogP) is 2.04. The molecule has 13 heavy (non-hydrogen) atoms. The number of hydrogen-bond donors (Lipinski definition) is 1. The molecule has 2 saturated carbocycles. The highest BCUT2D eigenvalue weighted by Crippen LogP contribution is 2.92. The van der Waals surface area contributed by atoms with Gasteiger partial charge in [0.15, 0.2) is 0 Å². The molecule has 0 aromatic heterocycles. The Morgan fingerprint density at radius 1 is 1.62 bits per heavy atom. The highest BCUT2D eigenvalue weighted by Gasteiger charge is 2.96. The van der Waals surface area contributed by atoms with Crippen molar-refractivity contribution in [3.63, 3.8) is 0 Å². The minimum atomic E-state index is 0.244. The zero-order valence-electron chi connectivity index (χ0n) is 8.22. The van der Waals surface area contributed by atoms with Crippen molar-refractivity contribution < 1.29 is 0 Å². The van der Waals surface area contributed by atoms with Crippen LogP contribution in [0.5, 0.6) is 0 Å². The second-order valence-corrected chi connectivity index (χ2v) is 4.60. The van der Waals surface area contributed by atoms with Gasteiger partial charge >= 0.3 is 0 Å². The van der Waals surface area contributed by atoms with Crippen LogP contribution in [0.3, 0.4) is 0 Å². The van der Waals surface area contributed by atoms with Crippen molar-refractivity contribution in [2.24, 2.45) is 10.8 Å². The van der Waals surface area contributed by atoms with Crippen LogP contribution in [0.4, 0.5) is 0 Å². The molecular formula is C12H15N. The molecule has 3 rings (SSSR count). The number of rotatable bonds is 2. The summed E-state index contributed by atoms with van der Waals surface area (Å²) < 4.78 is 0. The lowest BCUT2D eigenvalue weighted by atomic mass is 9.82. The van der Waals surface area contributed by atoms with Gasteiger partial charge in [-0.1, -0.05) is 29.9 Å². The van der Waals surface area contributed by atoms with Crippen LogP contribution in [0.1, 0.15) is 13.3 Å². The van der Waals surface area contributed by atoms with Crippen LogP contribution in [0.25, 0.3) is 0 Å². The largest absolute Gasteiger partial charge is 0.312 e. The van der Waals surface area contributed by atoms with Gasteiger partial charge in [0.05, 0.1) is 0 Å². The summed E-state index contributed by atoms with van der Waals surface area (Å²) in [5.41, 5.74) is 2.37. The van der Waals surface area contributed by atoms with E-state index in [4.69, 9.17) is 0 Å². The average molecular weight is 173 g/mol. The van der Waals surface area contributed by atoms with Crippen molar-refractivity contribution >= 4 is 0 Å². The Bertz CT molecular complexity index is 365. The van der Waals surface area contributed by atoms with Crippen molar-refractivity contribution in [3.05, 3.63) is 36.5 Å². The second kappa shape index (κ2) is 1.69. The van der Waals surface area contributed by atoms with Crippen LogP contribution >= 0.6 is 0 Å². The third-order valence-corrected chi connectivity index (χ3v) is 4.39. The second-order valence-electron chi connectivity index (χ2n) is 4.60. The molecule has 2 unspecified atom stereocenters. The Balaban J connectivity index is 2.12. The third kappa shape index (κ3) is 0.462. The van der Waals surface area contributed by atoms with Crippen molar-refractivity contribution in [1.29, 1.82) is 0 Å². The lowest BCUT2D eigenvalue weighted by Crippen LogP contribution is -2.29. The molecule has 3 aliphatic carbocycles. The summed E-state index contributed by atoms with van der Waals surface area (Å²) in [4.78, 5) is 0. The Hall–Kier alpha value is -0.820. The molecule has 0 saturated heterocycles. The molecule has 0 heterocycles. The summed E-state index contributed by atoms with van der Waals surface area (Å²) in [6.45, 7) is 6.15. The molecule has 3 aliphatic rings. The first-order chi connectivity index (χ1) is 6.18. The van der Waals surface area contributed by atoms with E-state index >= 15 is 0 Å². The molecule has 0 aromatic carbocycles. The first-order valence-electron chi connectivity index (χ1n) is 4.89. The van der Waals surface area contributed by atoms with Gasteiger partial charge in [0, 0.05) is 16.4 Å². The van der Waals surface area contributed by atoms with Crippen LogP contribution in [0.2, 0.25) is 0 Å². The van der Waals surface area contributed by atoms with Crippen LogP contribution in [0.15, 0.2) is 36.5 Å². The molecule has 0 bridgehead atoms. The Morgan fingerprint density at radius 3 is 3.00 bits per heavy atom. The molecule has 0 aliphatic heterocycles. The van der Waals surface area contributed by atoms with Gasteiger partial charge in [0.2, 0.25) is 0 Å². The zero-order valence-corrected chi connectivity index (χ0v) is 8.22. The number of hydrogen-bond acceptors (Lipinski definition) is 1. The molecule has 1 nitrogen and oxygen atoms in total. The average Bonchev–Trinajstić information content (AvgIpc) is 2.89. The van der Waals surface area contributed by atoms with Crippen molar-refractivity contribution in [3.8, 4) is 0 Å². The van der Waals surface area contributed by atoms with Crippen LogP contribution < -0.4 is 5.32 Å². The summed E-state index contributed by atoms with van der Waals surface area (Å²) >= 11 is 0. The monoisotopic (exact) mass is 173 g/mol. The van der Waals surface area contributed by atoms with E-state index in [1.807, 2.05) is 0 Å². The zero-order chi connectivity index (χ0) is 9.32. The lowest BCUT2D eigenvalue weighted by molar-refractivity contribution is 0.458. The minimum absolute atomic E-state index is 0.244. The molecule has 0 radical (unpaired) electrons. The third-order valence-electron chi connectivity index (χ3n) is 4.39. The Kier molecular flexibility index (Phi) is 0.985. The molecule has 2 fully saturated rings. The SMILES string of the molecule is C=CC12C=CC(C)=CC13C[C@@]23NC. The first kappa shape index (κ1) is 7.57. The van der Waals surface area contributed by atoms with E-state index in [-0.39, 0.29) is 5.41 Å². The van der Waals surface area contributed by atoms with E-state index in [1.54, 1.807) is 0 Å². The van der Waals surface area contributed by atoms with E-state index < -0.39 is 0 Å². The van der Waals surface area contributed by atoms with E-state index in [2.05, 4.69) is 50.2 Å². The molecule has 1 heteroatoms. The summed E-state index contributed by atoms with van der Waals surface area (Å²) in [5, 5.41) is 3.47. The Labute approximate surface area is 79.2 Å². The lowest BCUT2D eigenvalue weighted by Gasteiger charge is -2.24. The summed E-state index contributed by atoms with van der Waals surface area (Å²) in [6.07, 6.45) is 10.4. The maximum absolute atomic E-state index is 3.97. The van der Waals surface area contributed by atoms with Crippen LogP contribution in [-0.4, -0.2) is 12.6 Å². The summed E-state index contributed by atoms with van der Waals surface area (Å²) in [5.74, 6) is 0. The maximum atomic E-state index is 3.97. The molecule has 0 aromatic rings.